The van der Waals surface area contributed by atoms with Gasteiger partial charge in [-0.05, 0) is 30.7 Å². The Balaban J connectivity index is 0.00000264. The van der Waals surface area contributed by atoms with Crippen molar-refractivity contribution in [3.8, 4) is 5.88 Å². The summed E-state index contributed by atoms with van der Waals surface area (Å²) >= 11 is 0. The van der Waals surface area contributed by atoms with Gasteiger partial charge in [0.15, 0.2) is 5.96 Å². The molecule has 2 N–H and O–H groups in total. The fourth-order valence-electron chi connectivity index (χ4n) is 3.12. The molecule has 1 aliphatic rings. The second-order valence-corrected chi connectivity index (χ2v) is 6.01. The fourth-order valence-corrected chi connectivity index (χ4v) is 3.12. The largest absolute Gasteiger partial charge is 0.481 e. The zero-order valence-electron chi connectivity index (χ0n) is 14.4. The lowest BCUT2D eigenvalue weighted by molar-refractivity contribution is 0.283. The van der Waals surface area contributed by atoms with Crippen LogP contribution in [0.3, 0.4) is 0 Å². The number of hydrogen-bond donors (Lipinski definition) is 2. The second kappa shape index (κ2) is 9.95. The third-order valence-corrected chi connectivity index (χ3v) is 4.70. The van der Waals surface area contributed by atoms with Crippen LogP contribution in [0.4, 0.5) is 0 Å². The number of nitrogens with zero attached hydrogens (tertiary/aromatic N) is 2. The summed E-state index contributed by atoms with van der Waals surface area (Å²) < 4.78 is 5.15. The molecule has 1 fully saturated rings. The minimum atomic E-state index is 0. The number of aromatic nitrogens is 1. The summed E-state index contributed by atoms with van der Waals surface area (Å²) in [7, 11) is 3.44. The first kappa shape index (κ1) is 20.0. The van der Waals surface area contributed by atoms with Crippen LogP contribution in [0, 0.1) is 5.41 Å². The lowest BCUT2D eigenvalue weighted by atomic mass is 9.83. The van der Waals surface area contributed by atoms with Gasteiger partial charge in [0.25, 0.3) is 0 Å². The Kier molecular flexibility index (Phi) is 8.65. The van der Waals surface area contributed by atoms with Gasteiger partial charge in [-0.2, -0.15) is 0 Å². The van der Waals surface area contributed by atoms with Gasteiger partial charge in [0.05, 0.1) is 19.3 Å². The molecule has 6 heteroatoms. The molecule has 130 valence electrons. The molecule has 0 aliphatic heterocycles. The summed E-state index contributed by atoms with van der Waals surface area (Å²) in [6.07, 6.45) is 6.59. The van der Waals surface area contributed by atoms with Crippen LogP contribution in [0.15, 0.2) is 23.2 Å². The number of halogens is 1. The summed E-state index contributed by atoms with van der Waals surface area (Å²) in [5.41, 5.74) is 1.39. The van der Waals surface area contributed by atoms with Crippen molar-refractivity contribution in [2.75, 3.05) is 20.7 Å². The Morgan fingerprint density at radius 3 is 2.65 bits per heavy atom. The standard InChI is InChI=1S/C17H28N4O.HI/c1-4-17(10-5-6-11-17)13-20-16(18-2)19-12-14-8-7-9-15(21-14)22-3;/h7-9H,4-6,10-13H2,1-3H3,(H2,18,19,20);1H. The minimum absolute atomic E-state index is 0. The van der Waals surface area contributed by atoms with Crippen LogP contribution in [0.1, 0.15) is 44.7 Å². The molecular weight excluding hydrogens is 403 g/mol. The first-order valence-electron chi connectivity index (χ1n) is 8.16. The molecule has 0 bridgehead atoms. The van der Waals surface area contributed by atoms with Gasteiger partial charge >= 0.3 is 0 Å². The Labute approximate surface area is 156 Å². The van der Waals surface area contributed by atoms with E-state index in [1.54, 1.807) is 7.11 Å². The second-order valence-electron chi connectivity index (χ2n) is 6.01. The molecule has 0 saturated heterocycles. The highest BCUT2D eigenvalue weighted by atomic mass is 127. The number of guanidine groups is 1. The smallest absolute Gasteiger partial charge is 0.213 e. The van der Waals surface area contributed by atoms with Gasteiger partial charge in [0.2, 0.25) is 5.88 Å². The summed E-state index contributed by atoms with van der Waals surface area (Å²) in [5, 5.41) is 6.80. The molecule has 23 heavy (non-hydrogen) atoms. The topological polar surface area (TPSA) is 58.5 Å². The zero-order valence-corrected chi connectivity index (χ0v) is 16.7. The Morgan fingerprint density at radius 2 is 2.04 bits per heavy atom. The van der Waals surface area contributed by atoms with Gasteiger partial charge in [0.1, 0.15) is 0 Å². The molecule has 0 amide bonds. The van der Waals surface area contributed by atoms with Crippen molar-refractivity contribution in [3.63, 3.8) is 0 Å². The van der Waals surface area contributed by atoms with E-state index in [1.165, 1.54) is 32.1 Å². The van der Waals surface area contributed by atoms with E-state index in [2.05, 4.69) is 27.5 Å². The van der Waals surface area contributed by atoms with Crippen LogP contribution in [0.25, 0.3) is 0 Å². The first-order valence-corrected chi connectivity index (χ1v) is 8.16. The van der Waals surface area contributed by atoms with Gasteiger partial charge in [-0.15, -0.1) is 24.0 Å². The van der Waals surface area contributed by atoms with Crippen LogP contribution in [0.2, 0.25) is 0 Å². The Hall–Kier alpha value is -1.05. The van der Waals surface area contributed by atoms with Crippen LogP contribution in [-0.4, -0.2) is 31.6 Å². The van der Waals surface area contributed by atoms with Crippen LogP contribution >= 0.6 is 24.0 Å². The van der Waals surface area contributed by atoms with E-state index in [-0.39, 0.29) is 24.0 Å². The number of nitrogens with one attached hydrogen (secondary N) is 2. The third-order valence-electron chi connectivity index (χ3n) is 4.70. The number of aliphatic imine (C=N–C) groups is 1. The van der Waals surface area contributed by atoms with Crippen molar-refractivity contribution in [3.05, 3.63) is 23.9 Å². The Morgan fingerprint density at radius 1 is 1.30 bits per heavy atom. The van der Waals surface area contributed by atoms with E-state index >= 15 is 0 Å². The summed E-state index contributed by atoms with van der Waals surface area (Å²) in [6.45, 7) is 3.92. The number of hydrogen-bond acceptors (Lipinski definition) is 3. The van der Waals surface area contributed by atoms with Gasteiger partial charge in [-0.1, -0.05) is 25.8 Å². The molecule has 1 aromatic heterocycles. The van der Waals surface area contributed by atoms with Crippen molar-refractivity contribution in [1.29, 1.82) is 0 Å². The fraction of sp³-hybridized carbons (Fsp3) is 0.647. The molecule has 1 aliphatic carbocycles. The maximum atomic E-state index is 5.15. The molecule has 0 unspecified atom stereocenters. The molecule has 0 spiro atoms. The minimum Gasteiger partial charge on any atom is -0.481 e. The van der Waals surface area contributed by atoms with Crippen LogP contribution in [-0.2, 0) is 6.54 Å². The number of ether oxygens (including phenoxy) is 1. The molecule has 1 saturated carbocycles. The highest BCUT2D eigenvalue weighted by Gasteiger charge is 2.31. The van der Waals surface area contributed by atoms with Crippen molar-refractivity contribution < 1.29 is 4.74 Å². The maximum absolute atomic E-state index is 5.15. The lowest BCUT2D eigenvalue weighted by Crippen LogP contribution is -2.42. The predicted molar refractivity (Wildman–Crippen MR) is 106 cm³/mol. The molecule has 2 rings (SSSR count). The van der Waals surface area contributed by atoms with Crippen molar-refractivity contribution in [2.24, 2.45) is 10.4 Å². The number of rotatable bonds is 6. The van der Waals surface area contributed by atoms with Gasteiger partial charge < -0.3 is 15.4 Å². The van der Waals surface area contributed by atoms with Gasteiger partial charge in [-0.25, -0.2) is 4.98 Å². The van der Waals surface area contributed by atoms with E-state index < -0.39 is 0 Å². The average molecular weight is 432 g/mol. The average Bonchev–Trinajstić information content (AvgIpc) is 3.04. The first-order chi connectivity index (χ1) is 10.7. The monoisotopic (exact) mass is 432 g/mol. The Bertz CT molecular complexity index is 501. The van der Waals surface area contributed by atoms with E-state index in [4.69, 9.17) is 4.74 Å². The molecule has 0 aromatic carbocycles. The number of pyridine rings is 1. The molecular formula is C17H29IN4O. The molecule has 5 nitrogen and oxygen atoms in total. The molecule has 0 atom stereocenters. The van der Waals surface area contributed by atoms with Crippen molar-refractivity contribution in [1.82, 2.24) is 15.6 Å². The summed E-state index contributed by atoms with van der Waals surface area (Å²) in [5.74, 6) is 1.47. The lowest BCUT2D eigenvalue weighted by Gasteiger charge is -2.28. The zero-order chi connectivity index (χ0) is 15.8. The third kappa shape index (κ3) is 5.82. The maximum Gasteiger partial charge on any atom is 0.213 e. The van der Waals surface area contributed by atoms with Crippen LogP contribution < -0.4 is 15.4 Å². The number of methoxy groups -OCH3 is 1. The van der Waals surface area contributed by atoms with E-state index in [0.717, 1.165) is 18.2 Å². The van der Waals surface area contributed by atoms with Crippen molar-refractivity contribution in [2.45, 2.75) is 45.6 Å². The summed E-state index contributed by atoms with van der Waals surface area (Å²) in [4.78, 5) is 8.70. The normalized spacial score (nSPS) is 16.6. The van der Waals surface area contributed by atoms with Crippen molar-refractivity contribution >= 4 is 29.9 Å². The van der Waals surface area contributed by atoms with Crippen LogP contribution in [0.5, 0.6) is 5.88 Å². The highest BCUT2D eigenvalue weighted by molar-refractivity contribution is 14.0. The predicted octanol–water partition coefficient (Wildman–Crippen LogP) is 3.34. The summed E-state index contributed by atoms with van der Waals surface area (Å²) in [6, 6.07) is 5.78. The quantitative estimate of drug-likeness (QED) is 0.411. The van der Waals surface area contributed by atoms with E-state index in [1.807, 2.05) is 25.2 Å². The van der Waals surface area contributed by atoms with E-state index in [0.29, 0.717) is 17.8 Å². The molecule has 0 radical (unpaired) electrons. The molecule has 1 aromatic rings. The highest BCUT2D eigenvalue weighted by Crippen LogP contribution is 2.40. The van der Waals surface area contributed by atoms with Gasteiger partial charge in [-0.3, -0.25) is 4.99 Å². The SMILES string of the molecule is CCC1(CNC(=NC)NCc2cccc(OC)n2)CCCC1.I. The van der Waals surface area contributed by atoms with Gasteiger partial charge in [0, 0.05) is 19.7 Å². The molecule has 1 heterocycles. The van der Waals surface area contributed by atoms with E-state index in [9.17, 15) is 0 Å².